The first-order valence-electron chi connectivity index (χ1n) is 6.25. The Kier molecular flexibility index (Phi) is 4.10. The van der Waals surface area contributed by atoms with Gasteiger partial charge < -0.3 is 5.32 Å². The van der Waals surface area contributed by atoms with Crippen molar-refractivity contribution in [1.82, 2.24) is 20.1 Å². The maximum Gasteiger partial charge on any atom is 0.0596 e. The Morgan fingerprint density at radius 3 is 2.72 bits per heavy atom. The molecule has 2 heterocycles. The zero-order chi connectivity index (χ0) is 13.0. The van der Waals surface area contributed by atoms with Crippen molar-refractivity contribution >= 4 is 0 Å². The molecule has 0 aliphatic heterocycles. The zero-order valence-corrected chi connectivity index (χ0v) is 11.2. The van der Waals surface area contributed by atoms with E-state index in [0.29, 0.717) is 6.04 Å². The summed E-state index contributed by atoms with van der Waals surface area (Å²) >= 11 is 0. The molecular formula is C14H20N4. The highest BCUT2D eigenvalue weighted by atomic mass is 15.3. The van der Waals surface area contributed by atoms with Gasteiger partial charge in [-0.05, 0) is 32.2 Å². The number of pyridine rings is 1. The van der Waals surface area contributed by atoms with Crippen molar-refractivity contribution in [2.24, 2.45) is 7.05 Å². The smallest absolute Gasteiger partial charge is 0.0596 e. The number of likely N-dealkylation sites (N-methyl/N-ethyl adjacent to an activating group) is 1. The molecule has 1 atom stereocenters. The monoisotopic (exact) mass is 244 g/mol. The Labute approximate surface area is 108 Å². The molecular weight excluding hydrogens is 224 g/mol. The fraction of sp³-hybridized carbons (Fsp3) is 0.429. The molecule has 2 rings (SSSR count). The molecule has 0 bridgehead atoms. The van der Waals surface area contributed by atoms with Crippen LogP contribution in [0.15, 0.2) is 30.5 Å². The van der Waals surface area contributed by atoms with E-state index in [4.69, 9.17) is 0 Å². The van der Waals surface area contributed by atoms with Crippen molar-refractivity contribution in [3.05, 3.63) is 47.5 Å². The van der Waals surface area contributed by atoms with Gasteiger partial charge in [-0.2, -0.15) is 5.10 Å². The van der Waals surface area contributed by atoms with Crippen LogP contribution in [0.2, 0.25) is 0 Å². The molecule has 96 valence electrons. The summed E-state index contributed by atoms with van der Waals surface area (Å²) in [4.78, 5) is 4.37. The fourth-order valence-electron chi connectivity index (χ4n) is 2.16. The van der Waals surface area contributed by atoms with Crippen LogP contribution in [-0.4, -0.2) is 27.9 Å². The summed E-state index contributed by atoms with van der Waals surface area (Å²) in [6, 6.07) is 8.57. The fourth-order valence-corrected chi connectivity index (χ4v) is 2.16. The van der Waals surface area contributed by atoms with Crippen molar-refractivity contribution in [3.63, 3.8) is 0 Å². The predicted octanol–water partition coefficient (Wildman–Crippen LogP) is 1.50. The van der Waals surface area contributed by atoms with Crippen molar-refractivity contribution in [1.29, 1.82) is 0 Å². The highest BCUT2D eigenvalue weighted by Gasteiger charge is 2.12. The van der Waals surface area contributed by atoms with E-state index in [1.807, 2.05) is 44.0 Å². The molecule has 0 spiro atoms. The van der Waals surface area contributed by atoms with Crippen LogP contribution in [0.5, 0.6) is 0 Å². The quantitative estimate of drug-likeness (QED) is 0.866. The van der Waals surface area contributed by atoms with E-state index in [0.717, 1.165) is 24.2 Å². The molecule has 4 nitrogen and oxygen atoms in total. The second kappa shape index (κ2) is 5.78. The van der Waals surface area contributed by atoms with E-state index < -0.39 is 0 Å². The van der Waals surface area contributed by atoms with Crippen LogP contribution in [0.3, 0.4) is 0 Å². The summed E-state index contributed by atoms with van der Waals surface area (Å²) in [5.41, 5.74) is 3.44. The zero-order valence-electron chi connectivity index (χ0n) is 11.2. The SMILES string of the molecule is CNC(Cc1ccccn1)Cc1cc(C)nn1C. The Bertz CT molecular complexity index is 490. The van der Waals surface area contributed by atoms with Gasteiger partial charge in [-0.15, -0.1) is 0 Å². The second-order valence-corrected chi connectivity index (χ2v) is 4.62. The molecule has 0 aliphatic carbocycles. The molecule has 0 amide bonds. The molecule has 0 saturated heterocycles. The van der Waals surface area contributed by atoms with Crippen LogP contribution in [0.4, 0.5) is 0 Å². The van der Waals surface area contributed by atoms with Crippen LogP contribution in [0.25, 0.3) is 0 Å². The topological polar surface area (TPSA) is 42.7 Å². The van der Waals surface area contributed by atoms with Gasteiger partial charge in [0.05, 0.1) is 5.69 Å². The van der Waals surface area contributed by atoms with E-state index in [1.54, 1.807) is 0 Å². The van der Waals surface area contributed by atoms with Crippen molar-refractivity contribution < 1.29 is 0 Å². The third-order valence-electron chi connectivity index (χ3n) is 3.14. The van der Waals surface area contributed by atoms with Gasteiger partial charge in [-0.3, -0.25) is 9.67 Å². The summed E-state index contributed by atoms with van der Waals surface area (Å²) < 4.78 is 1.96. The first kappa shape index (κ1) is 12.8. The highest BCUT2D eigenvalue weighted by molar-refractivity contribution is 5.12. The summed E-state index contributed by atoms with van der Waals surface area (Å²) in [6.45, 7) is 2.02. The number of rotatable bonds is 5. The Morgan fingerprint density at radius 2 is 2.17 bits per heavy atom. The van der Waals surface area contributed by atoms with Gasteiger partial charge in [-0.1, -0.05) is 6.07 Å². The number of hydrogen-bond acceptors (Lipinski definition) is 3. The molecule has 0 aliphatic rings. The number of nitrogens with one attached hydrogen (secondary N) is 1. The maximum absolute atomic E-state index is 4.38. The Morgan fingerprint density at radius 1 is 1.33 bits per heavy atom. The summed E-state index contributed by atoms with van der Waals surface area (Å²) in [5, 5.41) is 7.73. The van der Waals surface area contributed by atoms with Gasteiger partial charge in [-0.25, -0.2) is 0 Å². The number of aromatic nitrogens is 3. The average molecular weight is 244 g/mol. The lowest BCUT2D eigenvalue weighted by Gasteiger charge is -2.15. The van der Waals surface area contributed by atoms with Crippen molar-refractivity contribution in [2.45, 2.75) is 25.8 Å². The molecule has 2 aromatic heterocycles. The van der Waals surface area contributed by atoms with Crippen LogP contribution >= 0.6 is 0 Å². The summed E-state index contributed by atoms with van der Waals surface area (Å²) in [7, 11) is 3.99. The van der Waals surface area contributed by atoms with E-state index >= 15 is 0 Å². The summed E-state index contributed by atoms with van der Waals surface area (Å²) in [5.74, 6) is 0. The van der Waals surface area contributed by atoms with Gasteiger partial charge in [0.15, 0.2) is 0 Å². The molecule has 1 N–H and O–H groups in total. The van der Waals surface area contributed by atoms with Gasteiger partial charge in [0.2, 0.25) is 0 Å². The summed E-state index contributed by atoms with van der Waals surface area (Å²) in [6.07, 6.45) is 3.74. The Balaban J connectivity index is 2.04. The third kappa shape index (κ3) is 3.17. The standard InChI is InChI=1S/C14H20N4/c1-11-8-14(18(3)17-11)10-13(15-2)9-12-6-4-5-7-16-12/h4-8,13,15H,9-10H2,1-3H3. The lowest BCUT2D eigenvalue weighted by Crippen LogP contribution is -2.31. The normalized spacial score (nSPS) is 12.6. The lowest BCUT2D eigenvalue weighted by molar-refractivity contribution is 0.528. The van der Waals surface area contributed by atoms with Gasteiger partial charge in [0.25, 0.3) is 0 Å². The molecule has 0 aromatic carbocycles. The van der Waals surface area contributed by atoms with Gasteiger partial charge in [0.1, 0.15) is 0 Å². The van der Waals surface area contributed by atoms with Crippen molar-refractivity contribution in [3.8, 4) is 0 Å². The maximum atomic E-state index is 4.38. The number of hydrogen-bond donors (Lipinski definition) is 1. The van der Waals surface area contributed by atoms with E-state index in [1.165, 1.54) is 5.69 Å². The minimum atomic E-state index is 0.384. The van der Waals surface area contributed by atoms with Gasteiger partial charge in [0, 0.05) is 43.5 Å². The molecule has 4 heteroatoms. The van der Waals surface area contributed by atoms with Crippen LogP contribution in [-0.2, 0) is 19.9 Å². The third-order valence-corrected chi connectivity index (χ3v) is 3.14. The molecule has 2 aromatic rings. The molecule has 18 heavy (non-hydrogen) atoms. The van der Waals surface area contributed by atoms with Crippen LogP contribution < -0.4 is 5.32 Å². The highest BCUT2D eigenvalue weighted by Crippen LogP contribution is 2.08. The Hall–Kier alpha value is -1.68. The van der Waals surface area contributed by atoms with Crippen LogP contribution in [0, 0.1) is 6.92 Å². The lowest BCUT2D eigenvalue weighted by atomic mass is 10.1. The molecule has 0 saturated carbocycles. The van der Waals surface area contributed by atoms with E-state index in [-0.39, 0.29) is 0 Å². The minimum absolute atomic E-state index is 0.384. The minimum Gasteiger partial charge on any atom is -0.316 e. The molecule has 0 fully saturated rings. The number of aryl methyl sites for hydroxylation is 2. The van der Waals surface area contributed by atoms with Crippen molar-refractivity contribution in [2.75, 3.05) is 7.05 Å². The average Bonchev–Trinajstić information content (AvgIpc) is 2.68. The van der Waals surface area contributed by atoms with Crippen LogP contribution in [0.1, 0.15) is 17.1 Å². The first-order valence-corrected chi connectivity index (χ1v) is 6.25. The van der Waals surface area contributed by atoms with E-state index in [9.17, 15) is 0 Å². The largest absolute Gasteiger partial charge is 0.316 e. The van der Waals surface area contributed by atoms with E-state index in [2.05, 4.69) is 27.5 Å². The molecule has 1 unspecified atom stereocenters. The predicted molar refractivity (Wildman–Crippen MR) is 72.4 cm³/mol. The number of nitrogens with zero attached hydrogens (tertiary/aromatic N) is 3. The first-order chi connectivity index (χ1) is 8.69. The van der Waals surface area contributed by atoms with Gasteiger partial charge >= 0.3 is 0 Å². The second-order valence-electron chi connectivity index (χ2n) is 4.62. The molecule has 0 radical (unpaired) electrons.